The lowest BCUT2D eigenvalue weighted by Crippen LogP contribution is -2.13. The fourth-order valence-corrected chi connectivity index (χ4v) is 1.93. The van der Waals surface area contributed by atoms with Crippen molar-refractivity contribution in [3.05, 3.63) is 24.2 Å². The van der Waals surface area contributed by atoms with Crippen LogP contribution in [0.2, 0.25) is 0 Å². The molecule has 0 aliphatic rings. The Morgan fingerprint density at radius 2 is 2.00 bits per heavy atom. The normalized spacial score (nSPS) is 12.2. The molecule has 0 fully saturated rings. The quantitative estimate of drug-likeness (QED) is 0.683. The van der Waals surface area contributed by atoms with Crippen LogP contribution >= 0.6 is 0 Å². The molecule has 0 spiro atoms. The average molecular weight is 313 g/mol. The van der Waals surface area contributed by atoms with E-state index in [1.54, 1.807) is 6.07 Å². The lowest BCUT2D eigenvalue weighted by molar-refractivity contribution is -0.145. The van der Waals surface area contributed by atoms with Crippen molar-refractivity contribution in [1.29, 1.82) is 0 Å². The van der Waals surface area contributed by atoms with Crippen LogP contribution in [-0.2, 0) is 10.9 Å². The van der Waals surface area contributed by atoms with Crippen molar-refractivity contribution in [2.24, 2.45) is 0 Å². The predicted molar refractivity (Wildman–Crippen MR) is 68.5 cm³/mol. The van der Waals surface area contributed by atoms with Crippen LogP contribution < -0.4 is 4.74 Å². The van der Waals surface area contributed by atoms with Gasteiger partial charge in [0, 0.05) is 13.3 Å². The molecule has 0 amide bonds. The second-order valence-corrected chi connectivity index (χ2v) is 4.28. The van der Waals surface area contributed by atoms with Crippen LogP contribution in [0.1, 0.15) is 5.82 Å². The minimum atomic E-state index is -4.67. The van der Waals surface area contributed by atoms with Crippen molar-refractivity contribution < 1.29 is 22.6 Å². The highest BCUT2D eigenvalue weighted by Gasteiger charge is 2.38. The Morgan fingerprint density at radius 1 is 1.18 bits per heavy atom. The third-order valence-electron chi connectivity index (χ3n) is 2.83. The second kappa shape index (κ2) is 5.37. The SMILES string of the molecule is COCCOc1nc2cccnc2n2c(C(F)(F)F)nnc12. The number of nitrogens with zero attached hydrogens (tertiary/aromatic N) is 5. The van der Waals surface area contributed by atoms with Gasteiger partial charge in [-0.1, -0.05) is 0 Å². The molecule has 0 bridgehead atoms. The van der Waals surface area contributed by atoms with Gasteiger partial charge >= 0.3 is 6.18 Å². The molecule has 0 saturated carbocycles. The Labute approximate surface area is 121 Å². The molecule has 0 atom stereocenters. The van der Waals surface area contributed by atoms with E-state index >= 15 is 0 Å². The van der Waals surface area contributed by atoms with Crippen LogP contribution in [0.25, 0.3) is 16.8 Å². The third-order valence-corrected chi connectivity index (χ3v) is 2.83. The maximum absolute atomic E-state index is 13.1. The zero-order chi connectivity index (χ0) is 15.7. The van der Waals surface area contributed by atoms with E-state index in [0.717, 1.165) is 4.40 Å². The van der Waals surface area contributed by atoms with Crippen molar-refractivity contribution in [3.8, 4) is 5.88 Å². The molecular weight excluding hydrogens is 303 g/mol. The smallest absolute Gasteiger partial charge is 0.452 e. The Balaban J connectivity index is 2.26. The summed E-state index contributed by atoms with van der Waals surface area (Å²) in [6.45, 7) is 0.387. The number of hydrogen-bond donors (Lipinski definition) is 0. The molecule has 3 aromatic heterocycles. The number of hydrogen-bond acceptors (Lipinski definition) is 6. The van der Waals surface area contributed by atoms with Gasteiger partial charge in [-0.05, 0) is 12.1 Å². The summed E-state index contributed by atoms with van der Waals surface area (Å²) in [5.41, 5.74) is 0.108. The van der Waals surface area contributed by atoms with E-state index in [1.807, 2.05) is 0 Å². The number of pyridine rings is 1. The molecule has 10 heteroatoms. The summed E-state index contributed by atoms with van der Waals surface area (Å²) in [5.74, 6) is -1.23. The van der Waals surface area contributed by atoms with Crippen molar-refractivity contribution in [2.75, 3.05) is 20.3 Å². The van der Waals surface area contributed by atoms with Gasteiger partial charge in [0.15, 0.2) is 5.65 Å². The van der Waals surface area contributed by atoms with E-state index in [2.05, 4.69) is 20.2 Å². The summed E-state index contributed by atoms with van der Waals surface area (Å²) in [6, 6.07) is 3.10. The van der Waals surface area contributed by atoms with E-state index in [-0.39, 0.29) is 35.9 Å². The molecule has 0 radical (unpaired) electrons. The molecule has 0 N–H and O–H groups in total. The lowest BCUT2D eigenvalue weighted by atomic mass is 10.4. The van der Waals surface area contributed by atoms with Gasteiger partial charge in [-0.3, -0.25) is 0 Å². The molecule has 116 valence electrons. The average Bonchev–Trinajstić information content (AvgIpc) is 2.93. The number of ether oxygens (including phenoxy) is 2. The summed E-state index contributed by atoms with van der Waals surface area (Å²) in [4.78, 5) is 8.07. The highest BCUT2D eigenvalue weighted by Crippen LogP contribution is 2.31. The number of fused-ring (bicyclic) bond motifs is 3. The molecule has 0 aliphatic heterocycles. The largest absolute Gasteiger partial charge is 0.473 e. The molecule has 0 saturated heterocycles. The highest BCUT2D eigenvalue weighted by molar-refractivity contribution is 5.75. The van der Waals surface area contributed by atoms with E-state index in [0.29, 0.717) is 0 Å². The van der Waals surface area contributed by atoms with Gasteiger partial charge in [-0.2, -0.15) is 13.2 Å². The van der Waals surface area contributed by atoms with Crippen molar-refractivity contribution in [2.45, 2.75) is 6.18 Å². The number of aromatic nitrogens is 5. The number of methoxy groups -OCH3 is 1. The minimum absolute atomic E-state index is 0.00826. The van der Waals surface area contributed by atoms with Crippen molar-refractivity contribution >= 4 is 16.8 Å². The number of halogens is 3. The Kier molecular flexibility index (Phi) is 3.53. The summed E-state index contributed by atoms with van der Waals surface area (Å²) in [6.07, 6.45) is -3.30. The van der Waals surface area contributed by atoms with Gasteiger partial charge in [0.1, 0.15) is 12.1 Å². The zero-order valence-corrected chi connectivity index (χ0v) is 11.3. The molecule has 3 heterocycles. The van der Waals surface area contributed by atoms with Crippen molar-refractivity contribution in [3.63, 3.8) is 0 Å². The fraction of sp³-hybridized carbons (Fsp3) is 0.333. The maximum atomic E-state index is 13.1. The van der Waals surface area contributed by atoms with Gasteiger partial charge in [0.25, 0.3) is 5.88 Å². The first-order valence-corrected chi connectivity index (χ1v) is 6.21. The molecule has 3 rings (SSSR count). The standard InChI is InChI=1S/C12H10F3N5O2/c1-21-5-6-22-10-9-18-19-11(12(13,14)15)20(9)8-7(17-10)3-2-4-16-8/h2-4H,5-6H2,1H3. The first-order chi connectivity index (χ1) is 10.5. The molecular formula is C12H10F3N5O2. The topological polar surface area (TPSA) is 74.4 Å². The van der Waals surface area contributed by atoms with Gasteiger partial charge in [-0.15, -0.1) is 10.2 Å². The van der Waals surface area contributed by atoms with Crippen LogP contribution in [0.4, 0.5) is 13.2 Å². The first kappa shape index (κ1) is 14.4. The monoisotopic (exact) mass is 313 g/mol. The predicted octanol–water partition coefficient (Wildman–Crippen LogP) is 1.72. The molecule has 0 aromatic carbocycles. The number of rotatable bonds is 4. The van der Waals surface area contributed by atoms with E-state index in [4.69, 9.17) is 9.47 Å². The zero-order valence-electron chi connectivity index (χ0n) is 11.3. The Morgan fingerprint density at radius 3 is 2.73 bits per heavy atom. The van der Waals surface area contributed by atoms with Gasteiger partial charge in [-0.25, -0.2) is 14.4 Å². The van der Waals surface area contributed by atoms with Crippen LogP contribution in [0.5, 0.6) is 5.88 Å². The maximum Gasteiger partial charge on any atom is 0.452 e. The summed E-state index contributed by atoms with van der Waals surface area (Å²) >= 11 is 0. The minimum Gasteiger partial charge on any atom is -0.473 e. The third kappa shape index (κ3) is 2.41. The van der Waals surface area contributed by atoms with Gasteiger partial charge in [0.2, 0.25) is 11.5 Å². The number of alkyl halides is 3. The van der Waals surface area contributed by atoms with Crippen molar-refractivity contribution in [1.82, 2.24) is 24.6 Å². The Bertz CT molecular complexity index is 817. The van der Waals surface area contributed by atoms with E-state index in [9.17, 15) is 13.2 Å². The van der Waals surface area contributed by atoms with E-state index < -0.39 is 12.0 Å². The molecule has 22 heavy (non-hydrogen) atoms. The summed E-state index contributed by atoms with van der Waals surface area (Å²) in [7, 11) is 1.48. The van der Waals surface area contributed by atoms with Gasteiger partial charge < -0.3 is 9.47 Å². The van der Waals surface area contributed by atoms with Crippen LogP contribution in [0.15, 0.2) is 18.3 Å². The summed E-state index contributed by atoms with van der Waals surface area (Å²) < 4.78 is 50.2. The second-order valence-electron chi connectivity index (χ2n) is 4.28. The molecule has 0 unspecified atom stereocenters. The molecule has 7 nitrogen and oxygen atoms in total. The van der Waals surface area contributed by atoms with Crippen LogP contribution in [0.3, 0.4) is 0 Å². The fourth-order valence-electron chi connectivity index (χ4n) is 1.93. The van der Waals surface area contributed by atoms with E-state index in [1.165, 1.54) is 19.4 Å². The van der Waals surface area contributed by atoms with Crippen LogP contribution in [0, 0.1) is 0 Å². The molecule has 0 aliphatic carbocycles. The van der Waals surface area contributed by atoms with Gasteiger partial charge in [0.05, 0.1) is 6.61 Å². The first-order valence-electron chi connectivity index (χ1n) is 6.21. The highest BCUT2D eigenvalue weighted by atomic mass is 19.4. The lowest BCUT2D eigenvalue weighted by Gasteiger charge is -2.09. The molecule has 3 aromatic rings. The van der Waals surface area contributed by atoms with Crippen LogP contribution in [-0.4, -0.2) is 44.9 Å². The summed E-state index contributed by atoms with van der Waals surface area (Å²) in [5, 5.41) is 6.74. The Hall–Kier alpha value is -2.49.